The van der Waals surface area contributed by atoms with Crippen molar-refractivity contribution in [1.29, 1.82) is 0 Å². The maximum absolute atomic E-state index is 10.9. The zero-order valence-electron chi connectivity index (χ0n) is 10.1. The van der Waals surface area contributed by atoms with Crippen molar-refractivity contribution in [3.8, 4) is 5.88 Å². The predicted octanol–water partition coefficient (Wildman–Crippen LogP) is -0.698. The standard InChI is InChI=1S/C9H17N3O4S2/c1-18(14,15)4-2-3-10-5-8(13)7-16-9-6-11-17-12-9/h6,8,10,13H,2-5,7H2,1H3. The van der Waals surface area contributed by atoms with Crippen molar-refractivity contribution in [2.24, 2.45) is 0 Å². The van der Waals surface area contributed by atoms with Crippen LogP contribution in [0.3, 0.4) is 0 Å². The van der Waals surface area contributed by atoms with Crippen LogP contribution in [0.4, 0.5) is 0 Å². The van der Waals surface area contributed by atoms with E-state index < -0.39 is 15.9 Å². The van der Waals surface area contributed by atoms with Gasteiger partial charge in [-0.1, -0.05) is 0 Å². The van der Waals surface area contributed by atoms with Gasteiger partial charge in [0.25, 0.3) is 0 Å². The summed E-state index contributed by atoms with van der Waals surface area (Å²) in [6.07, 6.45) is 2.56. The molecular weight excluding hydrogens is 278 g/mol. The van der Waals surface area contributed by atoms with Gasteiger partial charge in [-0.3, -0.25) is 0 Å². The van der Waals surface area contributed by atoms with E-state index in [2.05, 4.69) is 14.1 Å². The van der Waals surface area contributed by atoms with E-state index >= 15 is 0 Å². The first kappa shape index (κ1) is 15.3. The van der Waals surface area contributed by atoms with Crippen LogP contribution in [0.5, 0.6) is 5.88 Å². The van der Waals surface area contributed by atoms with E-state index in [1.54, 1.807) is 0 Å². The monoisotopic (exact) mass is 295 g/mol. The molecule has 0 bridgehead atoms. The molecule has 9 heteroatoms. The first-order valence-corrected chi connectivity index (χ1v) is 8.23. The number of hydrogen-bond donors (Lipinski definition) is 2. The zero-order chi connectivity index (χ0) is 13.4. The highest BCUT2D eigenvalue weighted by molar-refractivity contribution is 7.90. The molecule has 1 heterocycles. The van der Waals surface area contributed by atoms with Gasteiger partial charge in [0.2, 0.25) is 5.88 Å². The van der Waals surface area contributed by atoms with Crippen LogP contribution in [0, 0.1) is 0 Å². The minimum absolute atomic E-state index is 0.129. The average molecular weight is 295 g/mol. The second-order valence-electron chi connectivity index (χ2n) is 3.90. The molecule has 0 aliphatic carbocycles. The summed E-state index contributed by atoms with van der Waals surface area (Å²) in [6.45, 7) is 1.02. The van der Waals surface area contributed by atoms with E-state index in [-0.39, 0.29) is 12.4 Å². The number of aliphatic hydroxyl groups is 1. The van der Waals surface area contributed by atoms with Crippen molar-refractivity contribution in [2.75, 3.05) is 31.7 Å². The van der Waals surface area contributed by atoms with Gasteiger partial charge in [0, 0.05) is 12.8 Å². The second kappa shape index (κ2) is 7.62. The summed E-state index contributed by atoms with van der Waals surface area (Å²) in [4.78, 5) is 0. The van der Waals surface area contributed by atoms with Gasteiger partial charge >= 0.3 is 0 Å². The van der Waals surface area contributed by atoms with E-state index in [4.69, 9.17) is 4.74 Å². The number of rotatable bonds is 9. The zero-order valence-corrected chi connectivity index (χ0v) is 11.7. The molecule has 1 aromatic heterocycles. The minimum Gasteiger partial charge on any atom is -0.473 e. The highest BCUT2D eigenvalue weighted by Crippen LogP contribution is 2.04. The van der Waals surface area contributed by atoms with Crippen LogP contribution >= 0.6 is 11.7 Å². The fourth-order valence-electron chi connectivity index (χ4n) is 1.19. The summed E-state index contributed by atoms with van der Waals surface area (Å²) in [5, 5.41) is 12.5. The molecule has 0 aliphatic heterocycles. The predicted molar refractivity (Wildman–Crippen MR) is 68.6 cm³/mol. The Balaban J connectivity index is 2.01. The Hall–Kier alpha value is -0.770. The Morgan fingerprint density at radius 1 is 1.61 bits per heavy atom. The molecule has 0 saturated carbocycles. The summed E-state index contributed by atoms with van der Waals surface area (Å²) >= 11 is 1.04. The van der Waals surface area contributed by atoms with Crippen molar-refractivity contribution in [2.45, 2.75) is 12.5 Å². The molecule has 0 spiro atoms. The number of sulfone groups is 1. The van der Waals surface area contributed by atoms with Crippen LogP contribution in [0.25, 0.3) is 0 Å². The number of nitrogens with zero attached hydrogens (tertiary/aromatic N) is 2. The number of aliphatic hydroxyl groups excluding tert-OH is 1. The summed E-state index contributed by atoms with van der Waals surface area (Å²) in [5.41, 5.74) is 0. The second-order valence-corrected chi connectivity index (χ2v) is 6.71. The Kier molecular flexibility index (Phi) is 6.47. The fourth-order valence-corrected chi connectivity index (χ4v) is 2.22. The summed E-state index contributed by atoms with van der Waals surface area (Å²) in [7, 11) is -2.91. The summed E-state index contributed by atoms with van der Waals surface area (Å²) in [6, 6.07) is 0. The lowest BCUT2D eigenvalue weighted by Crippen LogP contribution is -2.32. The third-order valence-electron chi connectivity index (χ3n) is 2.01. The van der Waals surface area contributed by atoms with Crippen LogP contribution < -0.4 is 10.1 Å². The van der Waals surface area contributed by atoms with Crippen LogP contribution in [-0.4, -0.2) is 60.1 Å². The van der Waals surface area contributed by atoms with E-state index in [1.165, 1.54) is 12.5 Å². The summed E-state index contributed by atoms with van der Waals surface area (Å²) in [5.74, 6) is 0.549. The number of nitrogens with one attached hydrogen (secondary N) is 1. The highest BCUT2D eigenvalue weighted by Gasteiger charge is 2.06. The van der Waals surface area contributed by atoms with Crippen LogP contribution in [-0.2, 0) is 9.84 Å². The van der Waals surface area contributed by atoms with Crippen molar-refractivity contribution in [1.82, 2.24) is 14.1 Å². The van der Waals surface area contributed by atoms with Crippen molar-refractivity contribution < 1.29 is 18.3 Å². The molecule has 0 aromatic carbocycles. The van der Waals surface area contributed by atoms with Gasteiger partial charge in [0.1, 0.15) is 28.7 Å². The van der Waals surface area contributed by atoms with Crippen LogP contribution in [0.2, 0.25) is 0 Å². The van der Waals surface area contributed by atoms with E-state index in [0.29, 0.717) is 25.4 Å². The van der Waals surface area contributed by atoms with Gasteiger partial charge in [0.15, 0.2) is 0 Å². The molecule has 18 heavy (non-hydrogen) atoms. The normalized spacial score (nSPS) is 13.4. The lowest BCUT2D eigenvalue weighted by Gasteiger charge is -2.11. The van der Waals surface area contributed by atoms with E-state index in [1.807, 2.05) is 0 Å². The van der Waals surface area contributed by atoms with Crippen molar-refractivity contribution in [3.63, 3.8) is 0 Å². The van der Waals surface area contributed by atoms with E-state index in [0.717, 1.165) is 11.7 Å². The van der Waals surface area contributed by atoms with Gasteiger partial charge in [-0.2, -0.15) is 4.37 Å². The minimum atomic E-state index is -2.91. The molecule has 0 amide bonds. The fraction of sp³-hybridized carbons (Fsp3) is 0.778. The van der Waals surface area contributed by atoms with Gasteiger partial charge in [-0.25, -0.2) is 8.42 Å². The van der Waals surface area contributed by atoms with Crippen molar-refractivity contribution >= 4 is 21.6 Å². The largest absolute Gasteiger partial charge is 0.473 e. The van der Waals surface area contributed by atoms with Gasteiger partial charge < -0.3 is 15.2 Å². The Bertz CT molecular complexity index is 421. The van der Waals surface area contributed by atoms with Crippen LogP contribution in [0.15, 0.2) is 6.20 Å². The molecule has 104 valence electrons. The van der Waals surface area contributed by atoms with Crippen molar-refractivity contribution in [3.05, 3.63) is 6.20 Å². The molecule has 0 fully saturated rings. The number of aromatic nitrogens is 2. The number of hydrogen-bond acceptors (Lipinski definition) is 8. The molecule has 1 unspecified atom stereocenters. The quantitative estimate of drug-likeness (QED) is 0.581. The molecule has 1 aromatic rings. The number of ether oxygens (including phenoxy) is 1. The highest BCUT2D eigenvalue weighted by atomic mass is 32.2. The molecule has 0 aliphatic rings. The SMILES string of the molecule is CS(=O)(=O)CCCNCC(O)COc1cnsn1. The lowest BCUT2D eigenvalue weighted by molar-refractivity contribution is 0.104. The molecule has 0 saturated heterocycles. The smallest absolute Gasteiger partial charge is 0.245 e. The third kappa shape index (κ3) is 7.54. The lowest BCUT2D eigenvalue weighted by atomic mass is 10.3. The van der Waals surface area contributed by atoms with Crippen LogP contribution in [0.1, 0.15) is 6.42 Å². The third-order valence-corrected chi connectivity index (χ3v) is 3.50. The Labute approximate surface area is 110 Å². The van der Waals surface area contributed by atoms with Gasteiger partial charge in [-0.15, -0.1) is 4.37 Å². The molecule has 2 N–H and O–H groups in total. The topological polar surface area (TPSA) is 101 Å². The molecular formula is C9H17N3O4S2. The maximum Gasteiger partial charge on any atom is 0.245 e. The van der Waals surface area contributed by atoms with Gasteiger partial charge in [-0.05, 0) is 13.0 Å². The van der Waals surface area contributed by atoms with E-state index in [9.17, 15) is 13.5 Å². The molecule has 1 atom stereocenters. The summed E-state index contributed by atoms with van der Waals surface area (Å²) < 4.78 is 34.5. The average Bonchev–Trinajstić information content (AvgIpc) is 2.77. The Morgan fingerprint density at radius 3 is 3.00 bits per heavy atom. The molecule has 1 rings (SSSR count). The van der Waals surface area contributed by atoms with Gasteiger partial charge in [0.05, 0.1) is 17.5 Å². The first-order valence-electron chi connectivity index (χ1n) is 5.44. The first-order chi connectivity index (χ1) is 8.47. The molecule has 7 nitrogen and oxygen atoms in total. The Morgan fingerprint density at radius 2 is 2.39 bits per heavy atom. The maximum atomic E-state index is 10.9. The molecule has 0 radical (unpaired) electrons.